The molecule has 0 fully saturated rings. The van der Waals surface area contributed by atoms with Crippen LogP contribution in [0.3, 0.4) is 0 Å². The smallest absolute Gasteiger partial charge is 0.293 e. The Morgan fingerprint density at radius 2 is 1.93 bits per heavy atom. The van der Waals surface area contributed by atoms with Crippen LogP contribution in [0.2, 0.25) is 0 Å². The molecule has 0 atom stereocenters. The number of amides is 1. The number of rotatable bonds is 6. The first-order valence-corrected chi connectivity index (χ1v) is 8.75. The van der Waals surface area contributed by atoms with Crippen LogP contribution < -0.4 is 10.1 Å². The van der Waals surface area contributed by atoms with E-state index in [1.54, 1.807) is 31.2 Å². The number of hydrogen-bond acceptors (Lipinski definition) is 5. The van der Waals surface area contributed by atoms with Gasteiger partial charge in [-0.05, 0) is 55.0 Å². The van der Waals surface area contributed by atoms with Crippen LogP contribution in [0.15, 0.2) is 63.5 Å². The minimum absolute atomic E-state index is 0.0410. The second-order valence-electron chi connectivity index (χ2n) is 5.74. The number of hydrogen-bond donors (Lipinski definition) is 1. The lowest BCUT2D eigenvalue weighted by Gasteiger charge is -2.06. The average molecular weight is 431 g/mol. The van der Waals surface area contributed by atoms with E-state index in [0.717, 1.165) is 10.0 Å². The third-order valence-corrected chi connectivity index (χ3v) is 4.21. The summed E-state index contributed by atoms with van der Waals surface area (Å²) in [5, 5.41) is 13.7. The Balaban J connectivity index is 1.66. The highest BCUT2D eigenvalue weighted by molar-refractivity contribution is 9.10. The van der Waals surface area contributed by atoms with Gasteiger partial charge in [-0.15, -0.1) is 0 Å². The molecule has 0 aliphatic heterocycles. The molecule has 0 aliphatic rings. The predicted octanol–water partition coefficient (Wildman–Crippen LogP) is 5.09. The van der Waals surface area contributed by atoms with Crippen molar-refractivity contribution in [1.82, 2.24) is 0 Å². The molecule has 138 valence electrons. The summed E-state index contributed by atoms with van der Waals surface area (Å²) in [6.07, 6.45) is 0. The average Bonchev–Trinajstić information content (AvgIpc) is 3.12. The van der Waals surface area contributed by atoms with Crippen molar-refractivity contribution in [2.75, 3.05) is 5.32 Å². The summed E-state index contributed by atoms with van der Waals surface area (Å²) in [6, 6.07) is 15.0. The van der Waals surface area contributed by atoms with Gasteiger partial charge in [0.05, 0.1) is 4.92 Å². The summed E-state index contributed by atoms with van der Waals surface area (Å²) in [5.74, 6) is 0.591. The molecule has 0 bridgehead atoms. The molecule has 2 aromatic carbocycles. The van der Waals surface area contributed by atoms with Crippen molar-refractivity contribution in [3.8, 4) is 5.75 Å². The lowest BCUT2D eigenvalue weighted by molar-refractivity contribution is -0.384. The summed E-state index contributed by atoms with van der Waals surface area (Å²) in [7, 11) is 0. The summed E-state index contributed by atoms with van der Waals surface area (Å²) >= 11 is 3.35. The fourth-order valence-corrected chi connectivity index (χ4v) is 2.61. The third-order valence-electron chi connectivity index (χ3n) is 3.68. The van der Waals surface area contributed by atoms with Gasteiger partial charge >= 0.3 is 0 Å². The van der Waals surface area contributed by atoms with Crippen LogP contribution in [-0.2, 0) is 6.61 Å². The van der Waals surface area contributed by atoms with E-state index in [4.69, 9.17) is 9.15 Å². The van der Waals surface area contributed by atoms with E-state index < -0.39 is 10.8 Å². The number of aryl methyl sites for hydroxylation is 1. The number of ether oxygens (including phenoxy) is 1. The summed E-state index contributed by atoms with van der Waals surface area (Å²) in [4.78, 5) is 22.9. The standard InChI is InChI=1S/C19H15BrN2O5/c1-12-2-8-16(17(10-12)22(24)25)21-19(23)18-9-7-15(27-18)11-26-14-5-3-13(20)4-6-14/h2-10H,11H2,1H3,(H,21,23). The van der Waals surface area contributed by atoms with E-state index in [9.17, 15) is 14.9 Å². The van der Waals surface area contributed by atoms with E-state index in [0.29, 0.717) is 11.5 Å². The monoisotopic (exact) mass is 430 g/mol. The van der Waals surface area contributed by atoms with E-state index in [1.165, 1.54) is 18.2 Å². The van der Waals surface area contributed by atoms with Crippen molar-refractivity contribution in [2.45, 2.75) is 13.5 Å². The number of halogens is 1. The molecular formula is C19H15BrN2O5. The van der Waals surface area contributed by atoms with Gasteiger partial charge in [-0.2, -0.15) is 0 Å². The van der Waals surface area contributed by atoms with E-state index in [2.05, 4.69) is 21.2 Å². The Morgan fingerprint density at radius 3 is 2.63 bits per heavy atom. The van der Waals surface area contributed by atoms with Gasteiger partial charge in [-0.3, -0.25) is 14.9 Å². The quantitative estimate of drug-likeness (QED) is 0.433. The lowest BCUT2D eigenvalue weighted by atomic mass is 10.2. The molecule has 0 radical (unpaired) electrons. The molecular weight excluding hydrogens is 416 g/mol. The molecule has 1 N–H and O–H groups in total. The van der Waals surface area contributed by atoms with E-state index in [1.807, 2.05) is 12.1 Å². The maximum Gasteiger partial charge on any atom is 0.293 e. The van der Waals surface area contributed by atoms with Crippen LogP contribution in [-0.4, -0.2) is 10.8 Å². The number of nitrogens with one attached hydrogen (secondary N) is 1. The molecule has 7 nitrogen and oxygen atoms in total. The van der Waals surface area contributed by atoms with Crippen LogP contribution in [0.1, 0.15) is 21.9 Å². The molecule has 0 spiro atoms. The van der Waals surface area contributed by atoms with Gasteiger partial charge in [0.1, 0.15) is 23.8 Å². The highest BCUT2D eigenvalue weighted by Crippen LogP contribution is 2.26. The van der Waals surface area contributed by atoms with Crippen molar-refractivity contribution in [3.63, 3.8) is 0 Å². The molecule has 3 aromatic rings. The Morgan fingerprint density at radius 1 is 1.19 bits per heavy atom. The molecule has 1 aromatic heterocycles. The SMILES string of the molecule is Cc1ccc(NC(=O)c2ccc(COc3ccc(Br)cc3)o2)c([N+](=O)[O-])c1. The van der Waals surface area contributed by atoms with Crippen LogP contribution in [0.25, 0.3) is 0 Å². The fraction of sp³-hybridized carbons (Fsp3) is 0.105. The molecule has 3 rings (SSSR count). The lowest BCUT2D eigenvalue weighted by Crippen LogP contribution is -2.12. The van der Waals surface area contributed by atoms with Crippen LogP contribution in [0, 0.1) is 17.0 Å². The first-order chi connectivity index (χ1) is 12.9. The maximum absolute atomic E-state index is 12.3. The molecule has 27 heavy (non-hydrogen) atoms. The van der Waals surface area contributed by atoms with Crippen LogP contribution in [0.5, 0.6) is 5.75 Å². The number of nitro groups is 1. The second-order valence-corrected chi connectivity index (χ2v) is 6.66. The van der Waals surface area contributed by atoms with Crippen molar-refractivity contribution in [2.24, 2.45) is 0 Å². The van der Waals surface area contributed by atoms with Crippen molar-refractivity contribution in [3.05, 3.63) is 86.3 Å². The van der Waals surface area contributed by atoms with Crippen molar-refractivity contribution < 1.29 is 18.9 Å². The van der Waals surface area contributed by atoms with Crippen LogP contribution >= 0.6 is 15.9 Å². The second kappa shape index (κ2) is 8.05. The molecule has 1 amide bonds. The summed E-state index contributed by atoms with van der Waals surface area (Å²) < 4.78 is 12.0. The van der Waals surface area contributed by atoms with Gasteiger partial charge in [0, 0.05) is 10.5 Å². The Kier molecular flexibility index (Phi) is 5.56. The zero-order chi connectivity index (χ0) is 19.4. The van der Waals surface area contributed by atoms with Gasteiger partial charge in [0.2, 0.25) is 0 Å². The largest absolute Gasteiger partial charge is 0.486 e. The summed E-state index contributed by atoms with van der Waals surface area (Å²) in [6.45, 7) is 1.89. The predicted molar refractivity (Wildman–Crippen MR) is 103 cm³/mol. The third kappa shape index (κ3) is 4.73. The molecule has 0 saturated heterocycles. The topological polar surface area (TPSA) is 94.6 Å². The minimum Gasteiger partial charge on any atom is -0.486 e. The maximum atomic E-state index is 12.3. The summed E-state index contributed by atoms with van der Waals surface area (Å²) in [5.41, 5.74) is 0.665. The van der Waals surface area contributed by atoms with Gasteiger partial charge in [0.15, 0.2) is 5.76 Å². The van der Waals surface area contributed by atoms with E-state index >= 15 is 0 Å². The number of furan rings is 1. The number of nitrogens with zero attached hydrogens (tertiary/aromatic N) is 1. The zero-order valence-electron chi connectivity index (χ0n) is 14.3. The molecule has 8 heteroatoms. The number of benzene rings is 2. The minimum atomic E-state index is -0.572. The molecule has 0 aliphatic carbocycles. The fourth-order valence-electron chi connectivity index (χ4n) is 2.35. The van der Waals surface area contributed by atoms with Gasteiger partial charge in [-0.25, -0.2) is 0 Å². The number of anilines is 1. The molecule has 0 unspecified atom stereocenters. The normalized spacial score (nSPS) is 10.4. The Labute approximate surface area is 163 Å². The van der Waals surface area contributed by atoms with Gasteiger partial charge < -0.3 is 14.5 Å². The first kappa shape index (κ1) is 18.7. The van der Waals surface area contributed by atoms with Crippen LogP contribution in [0.4, 0.5) is 11.4 Å². The van der Waals surface area contributed by atoms with Gasteiger partial charge in [0.25, 0.3) is 11.6 Å². The van der Waals surface area contributed by atoms with Crippen molar-refractivity contribution >= 4 is 33.2 Å². The van der Waals surface area contributed by atoms with E-state index in [-0.39, 0.29) is 23.7 Å². The zero-order valence-corrected chi connectivity index (χ0v) is 15.9. The Bertz CT molecular complexity index is 982. The Hall–Kier alpha value is -3.13. The highest BCUT2D eigenvalue weighted by atomic mass is 79.9. The molecule has 1 heterocycles. The van der Waals surface area contributed by atoms with Gasteiger partial charge in [-0.1, -0.05) is 22.0 Å². The van der Waals surface area contributed by atoms with Crippen molar-refractivity contribution in [1.29, 1.82) is 0 Å². The highest BCUT2D eigenvalue weighted by Gasteiger charge is 2.18. The first-order valence-electron chi connectivity index (χ1n) is 7.96. The number of carbonyl (C=O) groups excluding carboxylic acids is 1. The number of nitro benzene ring substituents is 1. The number of carbonyl (C=O) groups is 1. The molecule has 0 saturated carbocycles.